The van der Waals surface area contributed by atoms with E-state index in [4.69, 9.17) is 14.2 Å². The molecule has 0 aromatic carbocycles. The van der Waals surface area contributed by atoms with E-state index < -0.39 is 35.7 Å². The number of hydrogen-bond acceptors (Lipinski definition) is 6. The third-order valence-electron chi connectivity index (χ3n) is 4.21. The molecule has 6 nitrogen and oxygen atoms in total. The maximum atomic E-state index is 11.9. The Morgan fingerprint density at radius 3 is 2.90 bits per heavy atom. The van der Waals surface area contributed by atoms with Crippen LogP contribution in [0.4, 0.5) is 0 Å². The summed E-state index contributed by atoms with van der Waals surface area (Å²) in [6.07, 6.45) is 5.76. The molecule has 0 unspecified atom stereocenters. The van der Waals surface area contributed by atoms with E-state index in [0.717, 1.165) is 0 Å². The summed E-state index contributed by atoms with van der Waals surface area (Å²) in [7, 11) is 1.28. The molecule has 0 amide bonds. The van der Waals surface area contributed by atoms with Gasteiger partial charge >= 0.3 is 11.9 Å². The van der Waals surface area contributed by atoms with Gasteiger partial charge in [-0.05, 0) is 18.6 Å². The first-order valence-corrected chi connectivity index (χ1v) is 6.78. The first kappa shape index (κ1) is 13.9. The van der Waals surface area contributed by atoms with Crippen LogP contribution in [-0.4, -0.2) is 36.0 Å². The molecule has 3 aliphatic rings. The summed E-state index contributed by atoms with van der Waals surface area (Å²) in [5, 5.41) is 10.1. The molecule has 0 aromatic heterocycles. The minimum absolute atomic E-state index is 0.301. The minimum atomic E-state index is -1.17. The van der Waals surface area contributed by atoms with Gasteiger partial charge in [-0.3, -0.25) is 0 Å². The fraction of sp³-hybridized carbons (Fsp3) is 0.467. The average molecular weight is 292 g/mol. The molecule has 2 aliphatic heterocycles. The van der Waals surface area contributed by atoms with E-state index in [0.29, 0.717) is 17.6 Å². The van der Waals surface area contributed by atoms with Gasteiger partial charge in [0.2, 0.25) is 6.29 Å². The van der Waals surface area contributed by atoms with Crippen molar-refractivity contribution in [3.05, 3.63) is 35.6 Å². The van der Waals surface area contributed by atoms with E-state index in [9.17, 15) is 14.7 Å². The third kappa shape index (κ3) is 1.90. The monoisotopic (exact) mass is 292 g/mol. The zero-order valence-corrected chi connectivity index (χ0v) is 11.7. The molecule has 1 N–H and O–H groups in total. The number of hydrogen-bond donors (Lipinski definition) is 1. The van der Waals surface area contributed by atoms with Crippen LogP contribution in [0.2, 0.25) is 0 Å². The first-order valence-electron chi connectivity index (χ1n) is 6.78. The number of aliphatic hydroxyl groups is 1. The Kier molecular flexibility index (Phi) is 3.13. The number of ether oxygens (including phenoxy) is 3. The van der Waals surface area contributed by atoms with Crippen molar-refractivity contribution < 1.29 is 28.9 Å². The minimum Gasteiger partial charge on any atom is -0.472 e. The molecule has 112 valence electrons. The summed E-state index contributed by atoms with van der Waals surface area (Å²) < 4.78 is 15.3. The molecule has 4 atom stereocenters. The zero-order valence-electron chi connectivity index (χ0n) is 11.7. The summed E-state index contributed by atoms with van der Waals surface area (Å²) in [5.41, 5.74) is -0.197. The molecular weight excluding hydrogens is 276 g/mol. The molecule has 0 saturated heterocycles. The largest absolute Gasteiger partial charge is 0.472 e. The molecule has 21 heavy (non-hydrogen) atoms. The number of esters is 2. The van der Waals surface area contributed by atoms with Gasteiger partial charge in [-0.25, -0.2) is 9.59 Å². The predicted octanol–water partition coefficient (Wildman–Crippen LogP) is 0.826. The van der Waals surface area contributed by atoms with Crippen LogP contribution in [0.15, 0.2) is 35.6 Å². The Morgan fingerprint density at radius 1 is 1.52 bits per heavy atom. The third-order valence-corrected chi connectivity index (χ3v) is 4.21. The van der Waals surface area contributed by atoms with Crippen molar-refractivity contribution in [2.45, 2.75) is 25.2 Å². The van der Waals surface area contributed by atoms with Crippen molar-refractivity contribution in [3.8, 4) is 0 Å². The van der Waals surface area contributed by atoms with Gasteiger partial charge in [0.05, 0.1) is 24.9 Å². The molecule has 1 spiro atoms. The zero-order chi connectivity index (χ0) is 15.2. The van der Waals surface area contributed by atoms with Crippen LogP contribution < -0.4 is 0 Å². The Bertz CT molecular complexity index is 587. The van der Waals surface area contributed by atoms with Crippen molar-refractivity contribution in [1.29, 1.82) is 0 Å². The van der Waals surface area contributed by atoms with Gasteiger partial charge in [-0.1, -0.05) is 13.0 Å². The fourth-order valence-corrected chi connectivity index (χ4v) is 3.15. The Hall–Kier alpha value is -2.08. The van der Waals surface area contributed by atoms with E-state index in [1.807, 2.05) is 6.92 Å². The lowest BCUT2D eigenvalue weighted by Crippen LogP contribution is -2.46. The summed E-state index contributed by atoms with van der Waals surface area (Å²) in [4.78, 5) is 23.7. The van der Waals surface area contributed by atoms with Crippen molar-refractivity contribution in [1.82, 2.24) is 0 Å². The van der Waals surface area contributed by atoms with Crippen LogP contribution in [0, 0.1) is 11.8 Å². The van der Waals surface area contributed by atoms with Crippen molar-refractivity contribution in [2.24, 2.45) is 11.8 Å². The Balaban J connectivity index is 1.99. The average Bonchev–Trinajstić information content (AvgIpc) is 3.00. The first-order chi connectivity index (χ1) is 10.0. The summed E-state index contributed by atoms with van der Waals surface area (Å²) in [5.74, 6) is -1.93. The maximum Gasteiger partial charge on any atom is 0.337 e. The van der Waals surface area contributed by atoms with Crippen LogP contribution in [0.25, 0.3) is 0 Å². The van der Waals surface area contributed by atoms with Crippen LogP contribution >= 0.6 is 0 Å². The lowest BCUT2D eigenvalue weighted by atomic mass is 9.79. The van der Waals surface area contributed by atoms with Gasteiger partial charge in [0.25, 0.3) is 0 Å². The SMILES string of the molecule is CCC1=C[C@]2(C=C[C@@H]3C(C(=O)OC)=CO[C@H](O)[C@H]32)OC1=O. The predicted molar refractivity (Wildman–Crippen MR) is 70.5 cm³/mol. The second-order valence-electron chi connectivity index (χ2n) is 5.27. The molecule has 6 heteroatoms. The lowest BCUT2D eigenvalue weighted by Gasteiger charge is -2.37. The van der Waals surface area contributed by atoms with Gasteiger partial charge in [0, 0.05) is 11.5 Å². The molecular formula is C15H16O6. The molecule has 0 radical (unpaired) electrons. The highest BCUT2D eigenvalue weighted by Gasteiger charge is 2.57. The maximum absolute atomic E-state index is 11.9. The normalized spacial score (nSPS) is 36.7. The van der Waals surface area contributed by atoms with Crippen LogP contribution in [-0.2, 0) is 23.8 Å². The van der Waals surface area contributed by atoms with Crippen molar-refractivity contribution in [2.75, 3.05) is 7.11 Å². The highest BCUT2D eigenvalue weighted by atomic mass is 16.6. The summed E-state index contributed by atoms with van der Waals surface area (Å²) in [6.45, 7) is 1.86. The van der Waals surface area contributed by atoms with E-state index in [2.05, 4.69) is 0 Å². The molecule has 0 bridgehead atoms. The number of fused-ring (bicyclic) bond motifs is 2. The molecule has 0 aromatic rings. The lowest BCUT2D eigenvalue weighted by molar-refractivity contribution is -0.172. The fourth-order valence-electron chi connectivity index (χ4n) is 3.15. The molecule has 1 aliphatic carbocycles. The van der Waals surface area contributed by atoms with Crippen molar-refractivity contribution >= 4 is 11.9 Å². The highest BCUT2D eigenvalue weighted by Crippen LogP contribution is 2.49. The molecule has 0 fully saturated rings. The van der Waals surface area contributed by atoms with Gasteiger partial charge in [-0.2, -0.15) is 0 Å². The van der Waals surface area contributed by atoms with E-state index >= 15 is 0 Å². The molecule has 0 saturated carbocycles. The van der Waals surface area contributed by atoms with Gasteiger partial charge in [0.15, 0.2) is 5.60 Å². The van der Waals surface area contributed by atoms with Crippen molar-refractivity contribution in [3.63, 3.8) is 0 Å². The van der Waals surface area contributed by atoms with Gasteiger partial charge in [-0.15, -0.1) is 0 Å². The highest BCUT2D eigenvalue weighted by molar-refractivity contribution is 5.93. The second kappa shape index (κ2) is 4.73. The van der Waals surface area contributed by atoms with Gasteiger partial charge in [0.1, 0.15) is 0 Å². The quantitative estimate of drug-likeness (QED) is 0.599. The number of aliphatic hydroxyl groups excluding tert-OH is 1. The number of rotatable bonds is 2. The summed E-state index contributed by atoms with van der Waals surface area (Å²) >= 11 is 0. The number of carbonyl (C=O) groups excluding carboxylic acids is 2. The number of carbonyl (C=O) groups is 2. The Morgan fingerprint density at radius 2 is 2.29 bits per heavy atom. The number of allylic oxidation sites excluding steroid dienone is 1. The van der Waals surface area contributed by atoms with Crippen LogP contribution in [0.1, 0.15) is 13.3 Å². The van der Waals surface area contributed by atoms with E-state index in [-0.39, 0.29) is 0 Å². The standard InChI is InChI=1S/C15H16O6/c1-3-8-6-15(21-12(8)16)5-4-9-10(13(17)19-2)7-20-14(18)11(9)15/h4-7,9,11,14,18H,3H2,1-2H3/t9-,11+,14+,15+/m1/s1. The topological polar surface area (TPSA) is 82.1 Å². The second-order valence-corrected chi connectivity index (χ2v) is 5.27. The van der Waals surface area contributed by atoms with Crippen LogP contribution in [0.5, 0.6) is 0 Å². The Labute approximate surface area is 121 Å². The summed E-state index contributed by atoms with van der Waals surface area (Å²) in [6, 6.07) is 0. The molecule has 2 heterocycles. The van der Waals surface area contributed by atoms with Gasteiger partial charge < -0.3 is 19.3 Å². The van der Waals surface area contributed by atoms with E-state index in [1.54, 1.807) is 18.2 Å². The molecule has 3 rings (SSSR count). The number of methoxy groups -OCH3 is 1. The van der Waals surface area contributed by atoms with Crippen LogP contribution in [0.3, 0.4) is 0 Å². The smallest absolute Gasteiger partial charge is 0.337 e. The van der Waals surface area contributed by atoms with E-state index in [1.165, 1.54) is 13.4 Å².